The van der Waals surface area contributed by atoms with Crippen LogP contribution in [0.5, 0.6) is 5.88 Å². The number of unbranched alkanes of at least 4 members (excludes halogenated alkanes) is 1. The van der Waals surface area contributed by atoms with Crippen molar-refractivity contribution in [2.45, 2.75) is 39.0 Å². The quantitative estimate of drug-likeness (QED) is 0.644. The van der Waals surface area contributed by atoms with E-state index in [-0.39, 0.29) is 0 Å². The number of thiocarbonyl (C=S) groups is 1. The molecule has 0 unspecified atom stereocenters. The van der Waals surface area contributed by atoms with Gasteiger partial charge in [-0.25, -0.2) is 4.98 Å². The van der Waals surface area contributed by atoms with Crippen molar-refractivity contribution in [2.24, 2.45) is 5.73 Å². The number of aromatic nitrogens is 1. The number of aryl methyl sites for hydroxylation is 2. The van der Waals surface area contributed by atoms with Gasteiger partial charge in [0.15, 0.2) is 0 Å². The normalized spacial score (nSPS) is 13.5. The Hall–Kier alpha value is -1.16. The average molecular weight is 250 g/mol. The van der Waals surface area contributed by atoms with Crippen molar-refractivity contribution in [3.63, 3.8) is 0 Å². The Labute approximate surface area is 107 Å². The van der Waals surface area contributed by atoms with Gasteiger partial charge in [-0.2, -0.15) is 0 Å². The molecule has 1 aromatic heterocycles. The monoisotopic (exact) mass is 250 g/mol. The lowest BCUT2D eigenvalue weighted by Gasteiger charge is -2.11. The third-order valence-electron chi connectivity index (χ3n) is 3.02. The Bertz CT molecular complexity index is 432. The van der Waals surface area contributed by atoms with Crippen molar-refractivity contribution in [2.75, 3.05) is 6.61 Å². The number of ether oxygens (including phenoxy) is 1. The van der Waals surface area contributed by atoms with Gasteiger partial charge in [-0.05, 0) is 37.3 Å². The predicted molar refractivity (Wildman–Crippen MR) is 72.6 cm³/mol. The highest BCUT2D eigenvalue weighted by Gasteiger charge is 2.18. The van der Waals surface area contributed by atoms with E-state index in [9.17, 15) is 0 Å². The van der Waals surface area contributed by atoms with E-state index in [1.807, 2.05) is 0 Å². The predicted octanol–water partition coefficient (Wildman–Crippen LogP) is 2.38. The Kier molecular flexibility index (Phi) is 3.94. The average Bonchev–Trinajstić information content (AvgIpc) is 2.75. The van der Waals surface area contributed by atoms with Crippen LogP contribution < -0.4 is 10.5 Å². The van der Waals surface area contributed by atoms with Crippen molar-refractivity contribution < 1.29 is 4.74 Å². The molecule has 1 aliphatic carbocycles. The zero-order chi connectivity index (χ0) is 12.3. The van der Waals surface area contributed by atoms with Crippen LogP contribution in [0.3, 0.4) is 0 Å². The minimum Gasteiger partial charge on any atom is -0.477 e. The summed E-state index contributed by atoms with van der Waals surface area (Å²) < 4.78 is 5.69. The molecule has 0 saturated carbocycles. The lowest BCUT2D eigenvalue weighted by atomic mass is 10.1. The van der Waals surface area contributed by atoms with Crippen LogP contribution >= 0.6 is 12.2 Å². The standard InChI is InChI=1S/C13H18N2OS/c1-2-3-7-16-13-10(12(14)17)8-9-5-4-6-11(9)15-13/h8H,2-7H2,1H3,(H2,14,17). The zero-order valence-corrected chi connectivity index (χ0v) is 11.0. The number of nitrogens with two attached hydrogens (primary N) is 1. The number of fused-ring (bicyclic) bond motifs is 1. The first kappa shape index (κ1) is 12.3. The Balaban J connectivity index is 2.25. The van der Waals surface area contributed by atoms with Gasteiger partial charge < -0.3 is 10.5 Å². The van der Waals surface area contributed by atoms with Gasteiger partial charge in [-0.3, -0.25) is 0 Å². The lowest BCUT2D eigenvalue weighted by Crippen LogP contribution is -2.14. The van der Waals surface area contributed by atoms with Crippen molar-refractivity contribution in [1.29, 1.82) is 0 Å². The van der Waals surface area contributed by atoms with Crippen LogP contribution in [-0.2, 0) is 12.8 Å². The van der Waals surface area contributed by atoms with E-state index < -0.39 is 0 Å². The van der Waals surface area contributed by atoms with Crippen LogP contribution in [0.4, 0.5) is 0 Å². The van der Waals surface area contributed by atoms with E-state index in [0.29, 0.717) is 17.5 Å². The molecule has 4 heteroatoms. The number of hydrogen-bond donors (Lipinski definition) is 1. The molecule has 0 amide bonds. The molecule has 1 aromatic rings. The van der Waals surface area contributed by atoms with Crippen molar-refractivity contribution >= 4 is 17.2 Å². The Morgan fingerprint density at radius 2 is 2.35 bits per heavy atom. The molecule has 17 heavy (non-hydrogen) atoms. The first-order chi connectivity index (χ1) is 8.22. The molecule has 0 atom stereocenters. The molecule has 2 N–H and O–H groups in total. The highest BCUT2D eigenvalue weighted by atomic mass is 32.1. The van der Waals surface area contributed by atoms with Gasteiger partial charge in [-0.1, -0.05) is 25.6 Å². The summed E-state index contributed by atoms with van der Waals surface area (Å²) in [5.74, 6) is 0.617. The topological polar surface area (TPSA) is 48.1 Å². The fraction of sp³-hybridized carbons (Fsp3) is 0.538. The summed E-state index contributed by atoms with van der Waals surface area (Å²) in [6, 6.07) is 2.05. The van der Waals surface area contributed by atoms with E-state index in [0.717, 1.165) is 43.4 Å². The third kappa shape index (κ3) is 2.75. The van der Waals surface area contributed by atoms with Gasteiger partial charge in [0.25, 0.3) is 0 Å². The number of rotatable bonds is 5. The van der Waals surface area contributed by atoms with Crippen LogP contribution in [0.2, 0.25) is 0 Å². The van der Waals surface area contributed by atoms with Crippen LogP contribution in [0.1, 0.15) is 43.0 Å². The Morgan fingerprint density at radius 1 is 1.53 bits per heavy atom. The molecule has 0 radical (unpaired) electrons. The first-order valence-electron chi connectivity index (χ1n) is 6.17. The highest BCUT2D eigenvalue weighted by molar-refractivity contribution is 7.80. The van der Waals surface area contributed by atoms with Crippen LogP contribution in [0, 0.1) is 0 Å². The summed E-state index contributed by atoms with van der Waals surface area (Å²) in [6.07, 6.45) is 5.41. The zero-order valence-electron chi connectivity index (χ0n) is 10.2. The van der Waals surface area contributed by atoms with E-state index >= 15 is 0 Å². The summed E-state index contributed by atoms with van der Waals surface area (Å²) in [5, 5.41) is 0. The summed E-state index contributed by atoms with van der Waals surface area (Å²) in [6.45, 7) is 2.81. The molecular weight excluding hydrogens is 232 g/mol. The summed E-state index contributed by atoms with van der Waals surface area (Å²) in [5.41, 5.74) is 8.94. The molecule has 0 spiro atoms. The summed E-state index contributed by atoms with van der Waals surface area (Å²) in [4.78, 5) is 4.93. The minimum atomic E-state index is 0.374. The molecular formula is C13H18N2OS. The number of hydrogen-bond acceptors (Lipinski definition) is 3. The first-order valence-corrected chi connectivity index (χ1v) is 6.58. The molecule has 0 aromatic carbocycles. The minimum absolute atomic E-state index is 0.374. The number of nitrogens with zero attached hydrogens (tertiary/aromatic N) is 1. The second kappa shape index (κ2) is 5.45. The fourth-order valence-corrected chi connectivity index (χ4v) is 2.20. The molecule has 2 rings (SSSR count). The number of pyridine rings is 1. The Morgan fingerprint density at radius 3 is 3.06 bits per heavy atom. The van der Waals surface area contributed by atoms with E-state index in [1.165, 1.54) is 5.56 Å². The largest absolute Gasteiger partial charge is 0.477 e. The SMILES string of the molecule is CCCCOc1nc2c(cc1C(N)=S)CCC2. The lowest BCUT2D eigenvalue weighted by molar-refractivity contribution is 0.296. The van der Waals surface area contributed by atoms with Crippen LogP contribution in [0.15, 0.2) is 6.07 Å². The van der Waals surface area contributed by atoms with Crippen molar-refractivity contribution in [3.8, 4) is 5.88 Å². The van der Waals surface area contributed by atoms with Crippen LogP contribution in [-0.4, -0.2) is 16.6 Å². The van der Waals surface area contributed by atoms with Crippen molar-refractivity contribution in [1.82, 2.24) is 4.98 Å². The molecule has 0 aliphatic heterocycles. The molecule has 1 aliphatic rings. The van der Waals surface area contributed by atoms with E-state index in [4.69, 9.17) is 22.7 Å². The highest BCUT2D eigenvalue weighted by Crippen LogP contribution is 2.26. The molecule has 3 nitrogen and oxygen atoms in total. The smallest absolute Gasteiger partial charge is 0.224 e. The maximum Gasteiger partial charge on any atom is 0.224 e. The molecule has 0 fully saturated rings. The van der Waals surface area contributed by atoms with E-state index in [1.54, 1.807) is 0 Å². The molecule has 92 valence electrons. The van der Waals surface area contributed by atoms with Gasteiger partial charge in [-0.15, -0.1) is 0 Å². The van der Waals surface area contributed by atoms with Gasteiger partial charge >= 0.3 is 0 Å². The second-order valence-electron chi connectivity index (χ2n) is 4.37. The van der Waals surface area contributed by atoms with Crippen molar-refractivity contribution in [3.05, 3.63) is 22.9 Å². The fourth-order valence-electron chi connectivity index (χ4n) is 2.05. The van der Waals surface area contributed by atoms with Gasteiger partial charge in [0.05, 0.1) is 12.2 Å². The van der Waals surface area contributed by atoms with Crippen LogP contribution in [0.25, 0.3) is 0 Å². The maximum absolute atomic E-state index is 5.72. The molecule has 1 heterocycles. The van der Waals surface area contributed by atoms with Gasteiger partial charge in [0.1, 0.15) is 4.99 Å². The van der Waals surface area contributed by atoms with Gasteiger partial charge in [0.2, 0.25) is 5.88 Å². The molecule has 0 bridgehead atoms. The van der Waals surface area contributed by atoms with Gasteiger partial charge in [0, 0.05) is 5.69 Å². The third-order valence-corrected chi connectivity index (χ3v) is 3.24. The summed E-state index contributed by atoms with van der Waals surface area (Å²) >= 11 is 5.06. The second-order valence-corrected chi connectivity index (χ2v) is 4.81. The maximum atomic E-state index is 5.72. The van der Waals surface area contributed by atoms with E-state index in [2.05, 4.69) is 18.0 Å². The molecule has 0 saturated heterocycles. The summed E-state index contributed by atoms with van der Waals surface area (Å²) in [7, 11) is 0.